The summed E-state index contributed by atoms with van der Waals surface area (Å²) < 4.78 is 10.7. The quantitative estimate of drug-likeness (QED) is 0.407. The number of hydrogen-bond acceptors (Lipinski definition) is 6. The molecule has 0 saturated carbocycles. The second-order valence-corrected chi connectivity index (χ2v) is 8.86. The zero-order valence-electron chi connectivity index (χ0n) is 18.0. The summed E-state index contributed by atoms with van der Waals surface area (Å²) in [5.74, 6) is -0.0676. The number of rotatable bonds is 7. The maximum Gasteiger partial charge on any atom is 0.306 e. The van der Waals surface area contributed by atoms with Crippen LogP contribution in [0.1, 0.15) is 34.5 Å². The first-order valence-corrected chi connectivity index (χ1v) is 11.5. The Bertz CT molecular complexity index is 1200. The smallest absolute Gasteiger partial charge is 0.306 e. The molecule has 1 aliphatic rings. The first kappa shape index (κ1) is 22.0. The normalized spacial score (nSPS) is 22.4. The van der Waals surface area contributed by atoms with Gasteiger partial charge in [0, 0.05) is 34.1 Å². The van der Waals surface area contributed by atoms with Crippen molar-refractivity contribution in [2.45, 2.75) is 18.6 Å². The molecule has 1 saturated heterocycles. The molecule has 0 aliphatic carbocycles. The van der Waals surface area contributed by atoms with Crippen LogP contribution in [0.4, 0.5) is 0 Å². The number of ether oxygens (including phenoxy) is 2. The number of para-hydroxylation sites is 2. The molecule has 1 N–H and O–H groups in total. The molecule has 6 nitrogen and oxygen atoms in total. The number of hydrogen-bond donors (Lipinski definition) is 1. The van der Waals surface area contributed by atoms with E-state index in [0.717, 1.165) is 16.5 Å². The molecule has 0 bridgehead atoms. The summed E-state index contributed by atoms with van der Waals surface area (Å²) in [5.41, 5.74) is 0.613. The molecule has 0 amide bonds. The van der Waals surface area contributed by atoms with Crippen LogP contribution in [0.15, 0.2) is 54.7 Å². The number of carbonyl (C=O) groups excluding carboxylic acids is 2. The number of nitrogens with zero attached hydrogens (tertiary/aromatic N) is 1. The van der Waals surface area contributed by atoms with Crippen LogP contribution in [-0.4, -0.2) is 36.2 Å². The van der Waals surface area contributed by atoms with Crippen molar-refractivity contribution in [3.8, 4) is 11.8 Å². The van der Waals surface area contributed by atoms with Crippen molar-refractivity contribution in [2.24, 2.45) is 11.3 Å². The fourth-order valence-electron chi connectivity index (χ4n) is 4.54. The number of ketones is 1. The molecule has 1 aromatic heterocycles. The van der Waals surface area contributed by atoms with Gasteiger partial charge >= 0.3 is 5.97 Å². The molecule has 0 spiro atoms. The second kappa shape index (κ2) is 9.09. The number of nitrogens with one attached hydrogen (secondary N) is 1. The van der Waals surface area contributed by atoms with Crippen molar-refractivity contribution < 1.29 is 19.1 Å². The molecule has 7 heteroatoms. The minimum Gasteiger partial charge on any atom is -0.496 e. The highest BCUT2D eigenvalue weighted by atomic mass is 32.2. The van der Waals surface area contributed by atoms with Gasteiger partial charge in [0.05, 0.1) is 31.5 Å². The van der Waals surface area contributed by atoms with Gasteiger partial charge in [-0.25, -0.2) is 0 Å². The third-order valence-electron chi connectivity index (χ3n) is 6.06. The van der Waals surface area contributed by atoms with E-state index in [-0.39, 0.29) is 18.8 Å². The molecular weight excluding hydrogens is 424 g/mol. The molecule has 0 radical (unpaired) electrons. The second-order valence-electron chi connectivity index (χ2n) is 7.72. The predicted molar refractivity (Wildman–Crippen MR) is 124 cm³/mol. The van der Waals surface area contributed by atoms with Gasteiger partial charge in [0.2, 0.25) is 0 Å². The van der Waals surface area contributed by atoms with Crippen molar-refractivity contribution in [3.63, 3.8) is 0 Å². The fraction of sp³-hybridized carbons (Fsp3) is 0.320. The van der Waals surface area contributed by atoms with Crippen molar-refractivity contribution in [3.05, 3.63) is 65.9 Å². The lowest BCUT2D eigenvalue weighted by molar-refractivity contribution is -0.144. The standard InChI is InChI=1S/C25H24N2O4S/c1-3-31-22(28)12-16-14-32-24(18-9-5-7-11-21(18)30-2)25(16,15-26)23(29)19-13-27-20-10-6-4-8-17(19)20/h4-11,13,16,24,27H,3,12,14H2,1-2H3/t16-,24+,25+/m1/s1. The van der Waals surface area contributed by atoms with E-state index >= 15 is 0 Å². The summed E-state index contributed by atoms with van der Waals surface area (Å²) >= 11 is 1.51. The summed E-state index contributed by atoms with van der Waals surface area (Å²) in [4.78, 5) is 29.7. The van der Waals surface area contributed by atoms with Crippen LogP contribution < -0.4 is 4.74 Å². The Labute approximate surface area is 190 Å². The minimum absolute atomic E-state index is 0.00808. The molecular formula is C25H24N2O4S. The van der Waals surface area contributed by atoms with E-state index in [0.29, 0.717) is 17.1 Å². The molecule has 32 heavy (non-hydrogen) atoms. The van der Waals surface area contributed by atoms with Crippen LogP contribution in [0.5, 0.6) is 5.75 Å². The summed E-state index contributed by atoms with van der Waals surface area (Å²) in [7, 11) is 1.57. The number of H-pyrrole nitrogens is 1. The van der Waals surface area contributed by atoms with E-state index in [1.54, 1.807) is 20.2 Å². The van der Waals surface area contributed by atoms with Crippen LogP contribution in [0, 0.1) is 22.7 Å². The molecule has 164 valence electrons. The van der Waals surface area contributed by atoms with Gasteiger partial charge in [-0.05, 0) is 24.8 Å². The Morgan fingerprint density at radius 2 is 1.97 bits per heavy atom. The predicted octanol–water partition coefficient (Wildman–Crippen LogP) is 4.93. The Morgan fingerprint density at radius 3 is 2.72 bits per heavy atom. The number of aromatic nitrogens is 1. The Hall–Kier alpha value is -3.24. The molecule has 1 aliphatic heterocycles. The zero-order chi connectivity index (χ0) is 22.7. The van der Waals surface area contributed by atoms with E-state index in [4.69, 9.17) is 9.47 Å². The highest BCUT2D eigenvalue weighted by molar-refractivity contribution is 7.99. The third-order valence-corrected chi connectivity index (χ3v) is 7.61. The topological polar surface area (TPSA) is 92.2 Å². The summed E-state index contributed by atoms with van der Waals surface area (Å²) in [6.45, 7) is 2.00. The molecule has 2 heterocycles. The molecule has 1 fully saturated rings. The number of methoxy groups -OCH3 is 1. The summed E-state index contributed by atoms with van der Waals surface area (Å²) in [5, 5.41) is 10.9. The summed E-state index contributed by atoms with van der Waals surface area (Å²) in [6, 6.07) is 17.3. The number of fused-ring (bicyclic) bond motifs is 1. The van der Waals surface area contributed by atoms with Gasteiger partial charge in [-0.15, -0.1) is 0 Å². The van der Waals surface area contributed by atoms with Crippen molar-refractivity contribution in [1.82, 2.24) is 4.98 Å². The van der Waals surface area contributed by atoms with Gasteiger partial charge in [-0.1, -0.05) is 36.4 Å². The third kappa shape index (κ3) is 3.55. The average molecular weight is 449 g/mol. The van der Waals surface area contributed by atoms with Crippen LogP contribution in [0.3, 0.4) is 0 Å². The van der Waals surface area contributed by atoms with E-state index in [9.17, 15) is 14.9 Å². The molecule has 3 aromatic rings. The lowest BCUT2D eigenvalue weighted by Gasteiger charge is -2.32. The molecule has 3 atom stereocenters. The average Bonchev–Trinajstić information content (AvgIpc) is 3.41. The lowest BCUT2D eigenvalue weighted by atomic mass is 9.67. The highest BCUT2D eigenvalue weighted by Crippen LogP contribution is 2.60. The number of nitriles is 1. The lowest BCUT2D eigenvalue weighted by Crippen LogP contribution is -2.40. The van der Waals surface area contributed by atoms with Crippen molar-refractivity contribution in [2.75, 3.05) is 19.5 Å². The number of benzene rings is 2. The van der Waals surface area contributed by atoms with Gasteiger partial charge in [0.25, 0.3) is 0 Å². The van der Waals surface area contributed by atoms with Crippen LogP contribution >= 0.6 is 11.8 Å². The van der Waals surface area contributed by atoms with Gasteiger partial charge < -0.3 is 14.5 Å². The van der Waals surface area contributed by atoms with Crippen LogP contribution in [0.25, 0.3) is 10.9 Å². The first-order valence-electron chi connectivity index (χ1n) is 10.5. The maximum atomic E-state index is 14.2. The highest BCUT2D eigenvalue weighted by Gasteiger charge is 2.58. The van der Waals surface area contributed by atoms with Gasteiger partial charge in [-0.2, -0.15) is 17.0 Å². The Kier molecular flexibility index (Phi) is 6.24. The van der Waals surface area contributed by atoms with Crippen molar-refractivity contribution >= 4 is 34.4 Å². The number of thioether (sulfide) groups is 1. The zero-order valence-corrected chi connectivity index (χ0v) is 18.8. The first-order chi connectivity index (χ1) is 15.6. The van der Waals surface area contributed by atoms with E-state index in [1.165, 1.54) is 11.8 Å². The number of aromatic amines is 1. The Morgan fingerprint density at radius 1 is 1.22 bits per heavy atom. The largest absolute Gasteiger partial charge is 0.496 e. The van der Waals surface area contributed by atoms with E-state index < -0.39 is 22.6 Å². The maximum absolute atomic E-state index is 14.2. The number of carbonyl (C=O) groups is 2. The molecule has 0 unspecified atom stereocenters. The van der Waals surface area contributed by atoms with Gasteiger partial charge in [0.15, 0.2) is 5.78 Å². The van der Waals surface area contributed by atoms with Gasteiger partial charge in [0.1, 0.15) is 11.2 Å². The Balaban J connectivity index is 1.87. The monoisotopic (exact) mass is 448 g/mol. The minimum atomic E-state index is -1.45. The van der Waals surface area contributed by atoms with Crippen LogP contribution in [0.2, 0.25) is 0 Å². The van der Waals surface area contributed by atoms with Crippen LogP contribution in [-0.2, 0) is 9.53 Å². The summed E-state index contributed by atoms with van der Waals surface area (Å²) in [6.07, 6.45) is 1.67. The molecule has 2 aromatic carbocycles. The van der Waals surface area contributed by atoms with E-state index in [2.05, 4.69) is 11.1 Å². The number of esters is 1. The van der Waals surface area contributed by atoms with Gasteiger partial charge in [-0.3, -0.25) is 9.59 Å². The van der Waals surface area contributed by atoms with E-state index in [1.807, 2.05) is 48.5 Å². The fourth-order valence-corrected chi connectivity index (χ4v) is 6.33. The van der Waals surface area contributed by atoms with Crippen molar-refractivity contribution in [1.29, 1.82) is 5.26 Å². The molecule has 4 rings (SSSR count). The SMILES string of the molecule is CCOC(=O)C[C@@H]1CS[C@@H](c2ccccc2OC)[C@]1(C#N)C(=O)c1c[nH]c2ccccc12. The number of Topliss-reactive ketones (excluding diaryl/α,β-unsaturated/α-hetero) is 1.